The van der Waals surface area contributed by atoms with E-state index < -0.39 is 5.82 Å². The van der Waals surface area contributed by atoms with E-state index in [1.54, 1.807) is 23.1 Å². The summed E-state index contributed by atoms with van der Waals surface area (Å²) in [6.07, 6.45) is 0.250. The Labute approximate surface area is 154 Å². The van der Waals surface area contributed by atoms with Gasteiger partial charge in [-0.15, -0.1) is 0 Å². The molecule has 132 valence electrons. The lowest BCUT2D eigenvalue weighted by Gasteiger charge is -2.18. The molecular weight excluding hydrogens is 357 g/mol. The quantitative estimate of drug-likeness (QED) is 0.686. The molecule has 3 aromatic rings. The van der Waals surface area contributed by atoms with Crippen molar-refractivity contribution in [1.82, 2.24) is 10.1 Å². The number of hydrogen-bond acceptors (Lipinski definition) is 4. The van der Waals surface area contributed by atoms with E-state index in [4.69, 9.17) is 16.1 Å². The molecule has 1 atom stereocenters. The summed E-state index contributed by atoms with van der Waals surface area (Å²) in [5, 5.41) is 4.48. The third-order valence-corrected chi connectivity index (χ3v) is 4.73. The lowest BCUT2D eigenvalue weighted by molar-refractivity contribution is -0.117. The van der Waals surface area contributed by atoms with Gasteiger partial charge in [-0.2, -0.15) is 4.98 Å². The van der Waals surface area contributed by atoms with E-state index >= 15 is 0 Å². The number of benzene rings is 2. The first kappa shape index (κ1) is 16.7. The van der Waals surface area contributed by atoms with Gasteiger partial charge in [-0.3, -0.25) is 4.79 Å². The fourth-order valence-corrected chi connectivity index (χ4v) is 3.43. The molecule has 0 bridgehead atoms. The Hall–Kier alpha value is -2.73. The highest BCUT2D eigenvalue weighted by Crippen LogP contribution is 2.35. The summed E-state index contributed by atoms with van der Waals surface area (Å²) in [4.78, 5) is 18.4. The zero-order valence-electron chi connectivity index (χ0n) is 13.9. The molecule has 2 heterocycles. The zero-order chi connectivity index (χ0) is 18.3. The summed E-state index contributed by atoms with van der Waals surface area (Å²) >= 11 is 6.28. The fourth-order valence-electron chi connectivity index (χ4n) is 3.09. The van der Waals surface area contributed by atoms with Crippen molar-refractivity contribution in [2.45, 2.75) is 19.3 Å². The number of hydrogen-bond donors (Lipinski definition) is 0. The molecule has 1 aliphatic heterocycles. The van der Waals surface area contributed by atoms with E-state index in [-0.39, 0.29) is 29.7 Å². The Balaban J connectivity index is 1.59. The molecule has 0 N–H and O–H groups in total. The zero-order valence-corrected chi connectivity index (χ0v) is 14.7. The lowest BCUT2D eigenvalue weighted by atomic mass is 10.1. The number of rotatable bonds is 3. The van der Waals surface area contributed by atoms with Gasteiger partial charge in [0.15, 0.2) is 5.82 Å². The number of carbonyl (C=O) groups is 1. The highest BCUT2D eigenvalue weighted by molar-refractivity contribution is 6.34. The maximum Gasteiger partial charge on any atom is 0.260 e. The molecule has 0 aliphatic carbocycles. The van der Waals surface area contributed by atoms with Crippen LogP contribution in [0.1, 0.15) is 23.7 Å². The SMILES string of the molecule is Cc1ccc(N2CC(c3noc(-c4ccccc4F)n3)CC2=O)c(Cl)c1. The second-order valence-electron chi connectivity index (χ2n) is 6.30. The third kappa shape index (κ3) is 2.97. The van der Waals surface area contributed by atoms with Crippen molar-refractivity contribution in [2.24, 2.45) is 0 Å². The first-order chi connectivity index (χ1) is 12.5. The molecule has 2 aromatic carbocycles. The number of aromatic nitrogens is 2. The molecule has 5 nitrogen and oxygen atoms in total. The van der Waals surface area contributed by atoms with Crippen LogP contribution in [0.4, 0.5) is 10.1 Å². The minimum Gasteiger partial charge on any atom is -0.334 e. The number of amides is 1. The first-order valence-electron chi connectivity index (χ1n) is 8.18. The summed E-state index contributed by atoms with van der Waals surface area (Å²) in [6.45, 7) is 2.34. The van der Waals surface area contributed by atoms with Crippen LogP contribution < -0.4 is 4.90 Å². The number of nitrogens with zero attached hydrogens (tertiary/aromatic N) is 3. The highest BCUT2D eigenvalue weighted by atomic mass is 35.5. The number of carbonyl (C=O) groups excluding carboxylic acids is 1. The molecule has 0 saturated carbocycles. The topological polar surface area (TPSA) is 59.2 Å². The van der Waals surface area contributed by atoms with Crippen LogP contribution in [0.25, 0.3) is 11.5 Å². The van der Waals surface area contributed by atoms with Gasteiger partial charge in [0.1, 0.15) is 5.82 Å². The molecule has 1 amide bonds. The minimum absolute atomic E-state index is 0.0574. The first-order valence-corrected chi connectivity index (χ1v) is 8.56. The fraction of sp³-hybridized carbons (Fsp3) is 0.211. The molecular formula is C19H15ClFN3O2. The Bertz CT molecular complexity index is 988. The maximum atomic E-state index is 13.9. The molecule has 1 fully saturated rings. The van der Waals surface area contributed by atoms with E-state index in [1.807, 2.05) is 25.1 Å². The lowest BCUT2D eigenvalue weighted by Crippen LogP contribution is -2.24. The van der Waals surface area contributed by atoms with Gasteiger partial charge in [0.2, 0.25) is 5.91 Å². The molecule has 4 rings (SSSR count). The smallest absolute Gasteiger partial charge is 0.260 e. The Kier molecular flexibility index (Phi) is 4.20. The van der Waals surface area contributed by atoms with Crippen molar-refractivity contribution in [3.63, 3.8) is 0 Å². The second-order valence-corrected chi connectivity index (χ2v) is 6.71. The van der Waals surface area contributed by atoms with Crippen LogP contribution in [0.2, 0.25) is 5.02 Å². The standard InChI is InChI=1S/C19H15ClFN3O2/c1-11-6-7-16(14(20)8-11)24-10-12(9-17(24)25)18-22-19(26-23-18)13-4-2-3-5-15(13)21/h2-8,12H,9-10H2,1H3. The molecule has 26 heavy (non-hydrogen) atoms. The summed E-state index contributed by atoms with van der Waals surface area (Å²) in [5.74, 6) is -0.222. The van der Waals surface area contributed by atoms with Crippen LogP contribution in [0.15, 0.2) is 47.0 Å². The molecule has 7 heteroatoms. The monoisotopic (exact) mass is 371 g/mol. The molecule has 0 spiro atoms. The van der Waals surface area contributed by atoms with Crippen molar-refractivity contribution in [3.8, 4) is 11.5 Å². The average Bonchev–Trinajstić information content (AvgIpc) is 3.22. The van der Waals surface area contributed by atoms with Crippen molar-refractivity contribution < 1.29 is 13.7 Å². The van der Waals surface area contributed by atoms with Crippen molar-refractivity contribution in [2.75, 3.05) is 11.4 Å². The number of anilines is 1. The maximum absolute atomic E-state index is 13.9. The normalized spacial score (nSPS) is 17.1. The van der Waals surface area contributed by atoms with Crippen LogP contribution in [-0.2, 0) is 4.79 Å². The van der Waals surface area contributed by atoms with Gasteiger partial charge in [-0.25, -0.2) is 4.39 Å². The van der Waals surface area contributed by atoms with Gasteiger partial charge in [-0.05, 0) is 36.8 Å². The Morgan fingerprint density at radius 2 is 2.08 bits per heavy atom. The van der Waals surface area contributed by atoms with E-state index in [2.05, 4.69) is 10.1 Å². The van der Waals surface area contributed by atoms with Crippen molar-refractivity contribution in [1.29, 1.82) is 0 Å². The van der Waals surface area contributed by atoms with Gasteiger partial charge >= 0.3 is 0 Å². The molecule has 0 radical (unpaired) electrons. The predicted molar refractivity (Wildman–Crippen MR) is 95.6 cm³/mol. The Morgan fingerprint density at radius 3 is 2.85 bits per heavy atom. The van der Waals surface area contributed by atoms with E-state index in [9.17, 15) is 9.18 Å². The van der Waals surface area contributed by atoms with Gasteiger partial charge in [0.25, 0.3) is 5.89 Å². The second kappa shape index (κ2) is 6.53. The number of halogens is 2. The summed E-state index contributed by atoms with van der Waals surface area (Å²) in [5.41, 5.74) is 1.94. The van der Waals surface area contributed by atoms with Crippen LogP contribution in [0.5, 0.6) is 0 Å². The van der Waals surface area contributed by atoms with E-state index in [0.717, 1.165) is 5.56 Å². The molecule has 1 aliphatic rings. The summed E-state index contributed by atoms with van der Waals surface area (Å²) in [7, 11) is 0. The van der Waals surface area contributed by atoms with Crippen LogP contribution in [-0.4, -0.2) is 22.6 Å². The predicted octanol–water partition coefficient (Wildman–Crippen LogP) is 4.36. The van der Waals surface area contributed by atoms with Gasteiger partial charge in [0, 0.05) is 18.9 Å². The summed E-state index contributed by atoms with van der Waals surface area (Å²) < 4.78 is 19.1. The summed E-state index contributed by atoms with van der Waals surface area (Å²) in [6, 6.07) is 11.8. The van der Waals surface area contributed by atoms with Crippen LogP contribution in [0.3, 0.4) is 0 Å². The molecule has 1 aromatic heterocycles. The molecule has 1 saturated heterocycles. The minimum atomic E-state index is -0.432. The van der Waals surface area contributed by atoms with Crippen LogP contribution in [0, 0.1) is 12.7 Å². The van der Waals surface area contributed by atoms with Gasteiger partial charge in [0.05, 0.1) is 16.3 Å². The number of aryl methyl sites for hydroxylation is 1. The average molecular weight is 372 g/mol. The van der Waals surface area contributed by atoms with Crippen molar-refractivity contribution in [3.05, 3.63) is 64.7 Å². The van der Waals surface area contributed by atoms with Gasteiger partial charge < -0.3 is 9.42 Å². The van der Waals surface area contributed by atoms with E-state index in [1.165, 1.54) is 6.07 Å². The van der Waals surface area contributed by atoms with Crippen LogP contribution >= 0.6 is 11.6 Å². The highest BCUT2D eigenvalue weighted by Gasteiger charge is 2.35. The third-order valence-electron chi connectivity index (χ3n) is 4.43. The van der Waals surface area contributed by atoms with E-state index in [0.29, 0.717) is 23.1 Å². The largest absolute Gasteiger partial charge is 0.334 e. The van der Waals surface area contributed by atoms with Crippen molar-refractivity contribution >= 4 is 23.2 Å². The van der Waals surface area contributed by atoms with Gasteiger partial charge in [-0.1, -0.05) is 35.0 Å². The molecule has 1 unspecified atom stereocenters. The Morgan fingerprint density at radius 1 is 1.27 bits per heavy atom.